The van der Waals surface area contributed by atoms with Crippen LogP contribution in [0.5, 0.6) is 5.75 Å². The van der Waals surface area contributed by atoms with Crippen LogP contribution in [0.1, 0.15) is 13.3 Å². The van der Waals surface area contributed by atoms with Crippen molar-refractivity contribution in [1.29, 1.82) is 0 Å². The van der Waals surface area contributed by atoms with E-state index in [1.165, 1.54) is 0 Å². The van der Waals surface area contributed by atoms with Gasteiger partial charge in [0.25, 0.3) is 0 Å². The standard InChI is InChI=1S/C13H22N2O3S2/c1-11(6-8-19-2)15-20(16,17)9-7-18-13-5-3-4-12(14)10-13/h3-5,10-11,15H,6-9,14H2,1-2H3. The first-order chi connectivity index (χ1) is 9.43. The molecule has 1 aromatic rings. The van der Waals surface area contributed by atoms with Crippen molar-refractivity contribution in [1.82, 2.24) is 4.72 Å². The molecule has 5 nitrogen and oxygen atoms in total. The highest BCUT2D eigenvalue weighted by atomic mass is 32.2. The molecule has 1 aromatic carbocycles. The number of anilines is 1. The molecule has 1 unspecified atom stereocenters. The number of sulfonamides is 1. The first-order valence-electron chi connectivity index (χ1n) is 6.40. The second kappa shape index (κ2) is 8.39. The van der Waals surface area contributed by atoms with Crippen LogP contribution in [0.3, 0.4) is 0 Å². The van der Waals surface area contributed by atoms with Crippen molar-refractivity contribution < 1.29 is 13.2 Å². The Morgan fingerprint density at radius 1 is 1.45 bits per heavy atom. The van der Waals surface area contributed by atoms with Crippen LogP contribution in [-0.4, -0.2) is 38.8 Å². The highest BCUT2D eigenvalue weighted by molar-refractivity contribution is 7.98. The molecule has 0 amide bonds. The number of nitrogen functional groups attached to an aromatic ring is 1. The molecule has 20 heavy (non-hydrogen) atoms. The number of nitrogens with one attached hydrogen (secondary N) is 1. The van der Waals surface area contributed by atoms with Gasteiger partial charge in [0, 0.05) is 17.8 Å². The first kappa shape index (κ1) is 17.1. The summed E-state index contributed by atoms with van der Waals surface area (Å²) < 4.78 is 31.7. The van der Waals surface area contributed by atoms with Crippen LogP contribution in [0.15, 0.2) is 24.3 Å². The molecule has 7 heteroatoms. The second-order valence-corrected chi connectivity index (χ2v) is 7.40. The Labute approximate surface area is 125 Å². The van der Waals surface area contributed by atoms with Crippen LogP contribution in [0.25, 0.3) is 0 Å². The van der Waals surface area contributed by atoms with Gasteiger partial charge in [-0.05, 0) is 37.5 Å². The Hall–Kier alpha value is -0.920. The zero-order chi connectivity index (χ0) is 15.0. The summed E-state index contributed by atoms with van der Waals surface area (Å²) in [5, 5.41) is 0. The lowest BCUT2D eigenvalue weighted by molar-refractivity contribution is 0.340. The van der Waals surface area contributed by atoms with Gasteiger partial charge in [0.05, 0.1) is 5.75 Å². The van der Waals surface area contributed by atoms with E-state index in [4.69, 9.17) is 10.5 Å². The fourth-order valence-electron chi connectivity index (χ4n) is 1.59. The van der Waals surface area contributed by atoms with Crippen LogP contribution in [-0.2, 0) is 10.0 Å². The molecule has 3 N–H and O–H groups in total. The Kier molecular flexibility index (Phi) is 7.18. The minimum absolute atomic E-state index is 0.0557. The van der Waals surface area contributed by atoms with Crippen molar-refractivity contribution in [2.24, 2.45) is 0 Å². The monoisotopic (exact) mass is 318 g/mol. The largest absolute Gasteiger partial charge is 0.492 e. The van der Waals surface area contributed by atoms with E-state index < -0.39 is 10.0 Å². The molecule has 0 bridgehead atoms. The molecule has 0 fully saturated rings. The zero-order valence-corrected chi connectivity index (χ0v) is 13.5. The lowest BCUT2D eigenvalue weighted by Gasteiger charge is -2.14. The van der Waals surface area contributed by atoms with Gasteiger partial charge in [0.15, 0.2) is 0 Å². The predicted molar refractivity (Wildman–Crippen MR) is 85.7 cm³/mol. The van der Waals surface area contributed by atoms with Gasteiger partial charge >= 0.3 is 0 Å². The number of hydrogen-bond acceptors (Lipinski definition) is 5. The van der Waals surface area contributed by atoms with Gasteiger partial charge in [-0.25, -0.2) is 13.1 Å². The first-order valence-corrected chi connectivity index (χ1v) is 9.45. The van der Waals surface area contributed by atoms with Crippen LogP contribution in [0.4, 0.5) is 5.69 Å². The molecule has 0 saturated carbocycles. The molecule has 1 atom stereocenters. The van der Waals surface area contributed by atoms with E-state index in [-0.39, 0.29) is 18.4 Å². The lowest BCUT2D eigenvalue weighted by Crippen LogP contribution is -2.36. The fourth-order valence-corrected chi connectivity index (χ4v) is 3.33. The maximum Gasteiger partial charge on any atom is 0.215 e. The minimum atomic E-state index is -3.31. The van der Waals surface area contributed by atoms with E-state index >= 15 is 0 Å². The molecule has 114 valence electrons. The minimum Gasteiger partial charge on any atom is -0.492 e. The smallest absolute Gasteiger partial charge is 0.215 e. The molecular formula is C13H22N2O3S2. The van der Waals surface area contributed by atoms with E-state index in [0.29, 0.717) is 11.4 Å². The third kappa shape index (κ3) is 7.02. The molecular weight excluding hydrogens is 296 g/mol. The summed E-state index contributed by atoms with van der Waals surface area (Å²) in [4.78, 5) is 0. The number of benzene rings is 1. The molecule has 0 aliphatic rings. The summed E-state index contributed by atoms with van der Waals surface area (Å²) in [5.74, 6) is 1.45. The third-order valence-electron chi connectivity index (χ3n) is 2.61. The van der Waals surface area contributed by atoms with Crippen LogP contribution < -0.4 is 15.2 Å². The topological polar surface area (TPSA) is 81.4 Å². The third-order valence-corrected chi connectivity index (χ3v) is 4.72. The van der Waals surface area contributed by atoms with Crippen molar-refractivity contribution in [3.05, 3.63) is 24.3 Å². The summed E-state index contributed by atoms with van der Waals surface area (Å²) in [6, 6.07) is 6.87. The van der Waals surface area contributed by atoms with Gasteiger partial charge in [0.2, 0.25) is 10.0 Å². The van der Waals surface area contributed by atoms with E-state index in [9.17, 15) is 8.42 Å². The highest BCUT2D eigenvalue weighted by Crippen LogP contribution is 2.14. The van der Waals surface area contributed by atoms with Gasteiger partial charge in [-0.2, -0.15) is 11.8 Å². The zero-order valence-electron chi connectivity index (χ0n) is 11.8. The Morgan fingerprint density at radius 3 is 2.85 bits per heavy atom. The number of rotatable bonds is 9. The van der Waals surface area contributed by atoms with Crippen molar-refractivity contribution in [3.8, 4) is 5.75 Å². The number of hydrogen-bond donors (Lipinski definition) is 2. The molecule has 0 aliphatic carbocycles. The van der Waals surface area contributed by atoms with Gasteiger partial charge < -0.3 is 10.5 Å². The van der Waals surface area contributed by atoms with E-state index in [1.54, 1.807) is 36.0 Å². The summed E-state index contributed by atoms with van der Waals surface area (Å²) in [5.41, 5.74) is 6.21. The highest BCUT2D eigenvalue weighted by Gasteiger charge is 2.14. The van der Waals surface area contributed by atoms with E-state index in [2.05, 4.69) is 4.72 Å². The molecule has 0 spiro atoms. The predicted octanol–water partition coefficient (Wildman–Crippen LogP) is 1.71. The van der Waals surface area contributed by atoms with Gasteiger partial charge in [-0.1, -0.05) is 6.07 Å². The summed E-state index contributed by atoms with van der Waals surface area (Å²) in [6.07, 6.45) is 2.82. The summed E-state index contributed by atoms with van der Waals surface area (Å²) >= 11 is 1.70. The average molecular weight is 318 g/mol. The Bertz CT molecular complexity index is 506. The second-order valence-electron chi connectivity index (χ2n) is 4.54. The lowest BCUT2D eigenvalue weighted by atomic mass is 10.3. The van der Waals surface area contributed by atoms with E-state index in [0.717, 1.165) is 12.2 Å². The maximum atomic E-state index is 11.8. The molecule has 0 radical (unpaired) electrons. The SMILES string of the molecule is CSCCC(C)NS(=O)(=O)CCOc1cccc(N)c1. The molecule has 0 aliphatic heterocycles. The Balaban J connectivity index is 2.36. The Morgan fingerprint density at radius 2 is 2.20 bits per heavy atom. The molecule has 0 heterocycles. The van der Waals surface area contributed by atoms with Gasteiger partial charge in [-0.3, -0.25) is 0 Å². The molecule has 0 saturated heterocycles. The number of nitrogens with two attached hydrogens (primary N) is 1. The van der Waals surface area contributed by atoms with Gasteiger partial charge in [0.1, 0.15) is 12.4 Å². The maximum absolute atomic E-state index is 11.8. The van der Waals surface area contributed by atoms with Crippen molar-refractivity contribution in [2.75, 3.05) is 30.1 Å². The fraction of sp³-hybridized carbons (Fsp3) is 0.538. The summed E-state index contributed by atoms with van der Waals surface area (Å²) in [7, 11) is -3.31. The normalized spacial score (nSPS) is 13.1. The number of ether oxygens (including phenoxy) is 1. The van der Waals surface area contributed by atoms with Crippen molar-refractivity contribution in [2.45, 2.75) is 19.4 Å². The van der Waals surface area contributed by atoms with Crippen LogP contribution in [0.2, 0.25) is 0 Å². The molecule has 0 aromatic heterocycles. The van der Waals surface area contributed by atoms with Crippen LogP contribution >= 0.6 is 11.8 Å². The quantitative estimate of drug-likeness (QED) is 0.677. The van der Waals surface area contributed by atoms with Crippen LogP contribution in [0, 0.1) is 0 Å². The average Bonchev–Trinajstić information content (AvgIpc) is 2.35. The van der Waals surface area contributed by atoms with Crippen molar-refractivity contribution in [3.63, 3.8) is 0 Å². The summed E-state index contributed by atoms with van der Waals surface area (Å²) in [6.45, 7) is 1.97. The number of thioether (sulfide) groups is 1. The molecule has 1 rings (SSSR count). The van der Waals surface area contributed by atoms with Gasteiger partial charge in [-0.15, -0.1) is 0 Å². The van der Waals surface area contributed by atoms with E-state index in [1.807, 2.05) is 13.2 Å². The van der Waals surface area contributed by atoms with Crippen molar-refractivity contribution >= 4 is 27.5 Å².